The Morgan fingerprint density at radius 1 is 1.23 bits per heavy atom. The average Bonchev–Trinajstić information content (AvgIpc) is 3.00. The van der Waals surface area contributed by atoms with Crippen LogP contribution in [0.25, 0.3) is 0 Å². The quantitative estimate of drug-likeness (QED) is 0.868. The number of benzene rings is 1. The molecule has 1 aromatic rings. The Labute approximate surface area is 137 Å². The zero-order valence-electron chi connectivity index (χ0n) is 12.9. The van der Waals surface area contributed by atoms with Gasteiger partial charge in [-0.1, -0.05) is 12.1 Å². The third-order valence-electron chi connectivity index (χ3n) is 3.72. The summed E-state index contributed by atoms with van der Waals surface area (Å²) in [5.41, 5.74) is 7.33. The van der Waals surface area contributed by atoms with Crippen LogP contribution >= 0.6 is 12.4 Å². The van der Waals surface area contributed by atoms with Crippen molar-refractivity contribution < 1.29 is 9.59 Å². The Balaban J connectivity index is 0.00000242. The Morgan fingerprint density at radius 2 is 1.82 bits per heavy atom. The molecule has 122 valence electrons. The number of hydrogen-bond donors (Lipinski definition) is 2. The normalized spacial score (nSPS) is 15.1. The summed E-state index contributed by atoms with van der Waals surface area (Å²) in [5, 5.41) is 2.74. The molecular weight excluding hydrogens is 302 g/mol. The molecule has 1 heterocycles. The number of nitrogens with one attached hydrogen (secondary N) is 1. The Kier molecular flexibility index (Phi) is 7.35. The van der Waals surface area contributed by atoms with Crippen LogP contribution in [0.4, 0.5) is 5.69 Å². The number of halogens is 1. The molecular formula is C16H24ClN3O2. The second kappa shape index (κ2) is 8.76. The second-order valence-corrected chi connectivity index (χ2v) is 5.56. The van der Waals surface area contributed by atoms with Gasteiger partial charge in [0.05, 0.1) is 6.04 Å². The Bertz CT molecular complexity index is 497. The summed E-state index contributed by atoms with van der Waals surface area (Å²) >= 11 is 0. The zero-order chi connectivity index (χ0) is 15.2. The minimum atomic E-state index is -0.525. The number of amides is 2. The number of nitrogens with two attached hydrogens (primary N) is 1. The molecule has 2 rings (SSSR count). The molecule has 0 saturated carbocycles. The van der Waals surface area contributed by atoms with Gasteiger partial charge in [-0.05, 0) is 43.9 Å². The Morgan fingerprint density at radius 3 is 2.36 bits per heavy atom. The van der Waals surface area contributed by atoms with Crippen molar-refractivity contribution in [3.63, 3.8) is 0 Å². The van der Waals surface area contributed by atoms with Crippen LogP contribution in [0.3, 0.4) is 0 Å². The van der Waals surface area contributed by atoms with E-state index in [-0.39, 0.29) is 24.2 Å². The minimum absolute atomic E-state index is 0. The molecule has 22 heavy (non-hydrogen) atoms. The van der Waals surface area contributed by atoms with Crippen LogP contribution in [-0.2, 0) is 16.0 Å². The van der Waals surface area contributed by atoms with Gasteiger partial charge in [-0.3, -0.25) is 9.59 Å². The molecule has 5 nitrogen and oxygen atoms in total. The van der Waals surface area contributed by atoms with Crippen LogP contribution in [0.5, 0.6) is 0 Å². The van der Waals surface area contributed by atoms with Crippen LogP contribution in [0.15, 0.2) is 24.3 Å². The number of rotatable bonds is 5. The summed E-state index contributed by atoms with van der Waals surface area (Å²) in [6.45, 7) is 3.45. The maximum atomic E-state index is 12.0. The van der Waals surface area contributed by atoms with Crippen LogP contribution < -0.4 is 11.1 Å². The molecule has 0 bridgehead atoms. The SMILES string of the molecule is C[C@H](N)C(=O)Nc1ccc(CCC(=O)N2CCCC2)cc1.Cl. The molecule has 1 fully saturated rings. The van der Waals surface area contributed by atoms with Crippen molar-refractivity contribution in [3.05, 3.63) is 29.8 Å². The van der Waals surface area contributed by atoms with Crippen molar-refractivity contribution in [1.29, 1.82) is 0 Å². The van der Waals surface area contributed by atoms with Gasteiger partial charge in [0.15, 0.2) is 0 Å². The summed E-state index contributed by atoms with van der Waals surface area (Å²) in [6.07, 6.45) is 3.53. The van der Waals surface area contributed by atoms with Crippen LogP contribution in [-0.4, -0.2) is 35.8 Å². The van der Waals surface area contributed by atoms with Gasteiger partial charge in [0.25, 0.3) is 0 Å². The van der Waals surface area contributed by atoms with E-state index in [9.17, 15) is 9.59 Å². The van der Waals surface area contributed by atoms with Crippen molar-refractivity contribution in [3.8, 4) is 0 Å². The molecule has 0 radical (unpaired) electrons. The predicted molar refractivity (Wildman–Crippen MR) is 90.1 cm³/mol. The fraction of sp³-hybridized carbons (Fsp3) is 0.500. The predicted octanol–water partition coefficient (Wildman–Crippen LogP) is 1.95. The average molecular weight is 326 g/mol. The summed E-state index contributed by atoms with van der Waals surface area (Å²) in [7, 11) is 0. The first-order valence-corrected chi connectivity index (χ1v) is 7.49. The van der Waals surface area contributed by atoms with E-state index in [1.54, 1.807) is 6.92 Å². The van der Waals surface area contributed by atoms with E-state index >= 15 is 0 Å². The summed E-state index contributed by atoms with van der Waals surface area (Å²) in [5.74, 6) is 0.0359. The number of hydrogen-bond acceptors (Lipinski definition) is 3. The number of carbonyl (C=O) groups excluding carboxylic acids is 2. The monoisotopic (exact) mass is 325 g/mol. The van der Waals surface area contributed by atoms with Crippen molar-refractivity contribution in [2.24, 2.45) is 5.73 Å². The topological polar surface area (TPSA) is 75.4 Å². The number of likely N-dealkylation sites (tertiary alicyclic amines) is 1. The van der Waals surface area contributed by atoms with Gasteiger partial charge in [-0.2, -0.15) is 0 Å². The van der Waals surface area contributed by atoms with Crippen LogP contribution in [0.1, 0.15) is 31.7 Å². The highest BCUT2D eigenvalue weighted by Gasteiger charge is 2.17. The number of anilines is 1. The maximum Gasteiger partial charge on any atom is 0.240 e. The highest BCUT2D eigenvalue weighted by molar-refractivity contribution is 5.94. The molecule has 1 aliphatic heterocycles. The van der Waals surface area contributed by atoms with Gasteiger partial charge in [0.1, 0.15) is 0 Å². The summed E-state index contributed by atoms with van der Waals surface area (Å²) in [6, 6.07) is 7.04. The van der Waals surface area contributed by atoms with E-state index in [4.69, 9.17) is 5.73 Å². The molecule has 3 N–H and O–H groups in total. The standard InChI is InChI=1S/C16H23N3O2.ClH/c1-12(17)16(21)18-14-7-4-13(5-8-14)6-9-15(20)19-10-2-3-11-19;/h4-5,7-8,12H,2-3,6,9-11,17H2,1H3,(H,18,21);1H/t12-;/m0./s1. The summed E-state index contributed by atoms with van der Waals surface area (Å²) in [4.78, 5) is 25.4. The molecule has 0 spiro atoms. The second-order valence-electron chi connectivity index (χ2n) is 5.56. The molecule has 1 atom stereocenters. The van der Waals surface area contributed by atoms with Crippen LogP contribution in [0, 0.1) is 0 Å². The van der Waals surface area contributed by atoms with Crippen molar-refractivity contribution in [2.75, 3.05) is 18.4 Å². The lowest BCUT2D eigenvalue weighted by molar-refractivity contribution is -0.130. The smallest absolute Gasteiger partial charge is 0.240 e. The third-order valence-corrected chi connectivity index (χ3v) is 3.72. The molecule has 6 heteroatoms. The maximum absolute atomic E-state index is 12.0. The van der Waals surface area contributed by atoms with E-state index in [0.717, 1.165) is 43.6 Å². The van der Waals surface area contributed by atoms with Gasteiger partial charge < -0.3 is 16.0 Å². The van der Waals surface area contributed by atoms with Gasteiger partial charge in [-0.25, -0.2) is 0 Å². The third kappa shape index (κ3) is 5.31. The van der Waals surface area contributed by atoms with E-state index in [1.165, 1.54) is 0 Å². The number of carbonyl (C=O) groups is 2. The molecule has 0 unspecified atom stereocenters. The Hall–Kier alpha value is -1.59. The van der Waals surface area contributed by atoms with Crippen molar-refractivity contribution in [1.82, 2.24) is 4.90 Å². The molecule has 1 aromatic carbocycles. The van der Waals surface area contributed by atoms with Gasteiger partial charge in [0.2, 0.25) is 11.8 Å². The van der Waals surface area contributed by atoms with Gasteiger partial charge >= 0.3 is 0 Å². The largest absolute Gasteiger partial charge is 0.343 e. The first-order chi connectivity index (χ1) is 10.1. The van der Waals surface area contributed by atoms with E-state index in [1.807, 2.05) is 29.2 Å². The number of nitrogens with zero attached hydrogens (tertiary/aromatic N) is 1. The van der Waals surface area contributed by atoms with Gasteiger partial charge in [-0.15, -0.1) is 12.4 Å². The molecule has 1 saturated heterocycles. The number of aryl methyl sites for hydroxylation is 1. The minimum Gasteiger partial charge on any atom is -0.343 e. The first kappa shape index (κ1) is 18.5. The molecule has 0 aliphatic carbocycles. The zero-order valence-corrected chi connectivity index (χ0v) is 13.7. The molecule has 2 amide bonds. The van der Waals surface area contributed by atoms with Crippen LogP contribution in [0.2, 0.25) is 0 Å². The fourth-order valence-corrected chi connectivity index (χ4v) is 2.39. The highest BCUT2D eigenvalue weighted by atomic mass is 35.5. The summed E-state index contributed by atoms with van der Waals surface area (Å²) < 4.78 is 0. The van der Waals surface area contributed by atoms with Crippen molar-refractivity contribution >= 4 is 29.9 Å². The fourth-order valence-electron chi connectivity index (χ4n) is 2.39. The molecule has 1 aliphatic rings. The lowest BCUT2D eigenvalue weighted by atomic mass is 10.1. The lowest BCUT2D eigenvalue weighted by Gasteiger charge is -2.15. The van der Waals surface area contributed by atoms with E-state index < -0.39 is 6.04 Å². The van der Waals surface area contributed by atoms with E-state index in [2.05, 4.69) is 5.32 Å². The lowest BCUT2D eigenvalue weighted by Crippen LogP contribution is -2.32. The van der Waals surface area contributed by atoms with Gasteiger partial charge in [0, 0.05) is 25.2 Å². The van der Waals surface area contributed by atoms with Crippen molar-refractivity contribution in [2.45, 2.75) is 38.6 Å². The highest BCUT2D eigenvalue weighted by Crippen LogP contribution is 2.14. The molecule has 0 aromatic heterocycles. The first-order valence-electron chi connectivity index (χ1n) is 7.49. The van der Waals surface area contributed by atoms with E-state index in [0.29, 0.717) is 6.42 Å².